The van der Waals surface area contributed by atoms with E-state index in [4.69, 9.17) is 37.8 Å². The zero-order chi connectivity index (χ0) is 27.2. The molecule has 0 spiro atoms. The van der Waals surface area contributed by atoms with Crippen molar-refractivity contribution in [3.8, 4) is 11.3 Å². The fourth-order valence-corrected chi connectivity index (χ4v) is 5.75. The summed E-state index contributed by atoms with van der Waals surface area (Å²) in [5.74, 6) is -1.37. The highest BCUT2D eigenvalue weighted by molar-refractivity contribution is 7.14. The highest BCUT2D eigenvalue weighted by Gasteiger charge is 2.18. The van der Waals surface area contributed by atoms with Crippen molar-refractivity contribution in [3.63, 3.8) is 0 Å². The van der Waals surface area contributed by atoms with Crippen LogP contribution in [0.2, 0.25) is 10.0 Å². The number of aliphatic carboxylic acids is 1. The molecule has 10 heteroatoms. The summed E-state index contributed by atoms with van der Waals surface area (Å²) in [5.41, 5.74) is 4.42. The van der Waals surface area contributed by atoms with Gasteiger partial charge >= 0.3 is 5.97 Å². The van der Waals surface area contributed by atoms with Crippen molar-refractivity contribution in [2.45, 2.75) is 39.2 Å². The van der Waals surface area contributed by atoms with Gasteiger partial charge in [-0.05, 0) is 55.0 Å². The lowest BCUT2D eigenvalue weighted by atomic mass is 10.0. The van der Waals surface area contributed by atoms with Crippen LogP contribution < -0.4 is 5.32 Å². The van der Waals surface area contributed by atoms with Gasteiger partial charge in [0.1, 0.15) is 0 Å². The molecule has 0 saturated heterocycles. The molecular formula is C28H28Cl2N2O5S. The first-order chi connectivity index (χ1) is 18.3. The van der Waals surface area contributed by atoms with Crippen molar-refractivity contribution in [1.82, 2.24) is 4.98 Å². The lowest BCUT2D eigenvalue weighted by Gasteiger charge is -2.13. The molecule has 0 bridgehead atoms. The minimum atomic E-state index is -1.27. The highest BCUT2D eigenvalue weighted by Crippen LogP contribution is 2.32. The molecule has 1 fully saturated rings. The maximum atomic E-state index is 12.9. The van der Waals surface area contributed by atoms with Gasteiger partial charge in [-0.25, -0.2) is 9.78 Å². The molecule has 0 radical (unpaired) electrons. The third-order valence-electron chi connectivity index (χ3n) is 6.58. The van der Waals surface area contributed by atoms with Gasteiger partial charge in [0.05, 0.1) is 29.5 Å². The number of nitrogens with one attached hydrogen (secondary N) is 1. The SMILES string of the molecule is COC(=Cc1c(Cl)cc(C(=O)Nc2nc(-c3cccc(COCC4CCCC4)c3C)cs2)cc1Cl)C(=O)O. The molecule has 1 heterocycles. The second-order valence-corrected chi connectivity index (χ2v) is 10.8. The third kappa shape index (κ3) is 6.74. The number of carboxylic acid groups (broad SMARTS) is 1. The summed E-state index contributed by atoms with van der Waals surface area (Å²) in [4.78, 5) is 28.7. The molecule has 7 nitrogen and oxygen atoms in total. The number of carbonyl (C=O) groups excluding carboxylic acids is 1. The van der Waals surface area contributed by atoms with Gasteiger partial charge in [0.15, 0.2) is 5.13 Å². The van der Waals surface area contributed by atoms with Crippen LogP contribution >= 0.6 is 34.5 Å². The van der Waals surface area contributed by atoms with Gasteiger partial charge in [0.2, 0.25) is 5.76 Å². The number of thiazole rings is 1. The van der Waals surface area contributed by atoms with E-state index >= 15 is 0 Å². The molecule has 3 aromatic rings. The van der Waals surface area contributed by atoms with E-state index in [-0.39, 0.29) is 26.9 Å². The van der Waals surface area contributed by atoms with E-state index in [1.807, 2.05) is 17.5 Å². The van der Waals surface area contributed by atoms with E-state index < -0.39 is 11.9 Å². The predicted octanol–water partition coefficient (Wildman–Crippen LogP) is 7.46. The molecule has 1 aliphatic rings. The number of amides is 1. The first kappa shape index (κ1) is 28.1. The quantitative estimate of drug-likeness (QED) is 0.192. The average molecular weight is 576 g/mol. The Hall–Kier alpha value is -2.91. The minimum Gasteiger partial charge on any atom is -0.490 e. The fraction of sp³-hybridized carbons (Fsp3) is 0.321. The lowest BCUT2D eigenvalue weighted by Crippen LogP contribution is -2.12. The number of hydrogen-bond acceptors (Lipinski definition) is 6. The van der Waals surface area contributed by atoms with Gasteiger partial charge in [-0.15, -0.1) is 11.3 Å². The van der Waals surface area contributed by atoms with E-state index in [0.29, 0.717) is 17.7 Å². The van der Waals surface area contributed by atoms with Crippen molar-refractivity contribution in [3.05, 3.63) is 73.8 Å². The Balaban J connectivity index is 1.45. The van der Waals surface area contributed by atoms with Crippen molar-refractivity contribution in [1.29, 1.82) is 0 Å². The minimum absolute atomic E-state index is 0.112. The van der Waals surface area contributed by atoms with E-state index in [1.54, 1.807) is 0 Å². The molecular weight excluding hydrogens is 547 g/mol. The van der Waals surface area contributed by atoms with Crippen molar-refractivity contribution < 1.29 is 24.2 Å². The number of carbonyl (C=O) groups is 2. The molecule has 1 amide bonds. The Bertz CT molecular complexity index is 1340. The molecule has 200 valence electrons. The number of carboxylic acids is 1. The largest absolute Gasteiger partial charge is 0.490 e. The van der Waals surface area contributed by atoms with Crippen molar-refractivity contribution in [2.24, 2.45) is 5.92 Å². The standard InChI is InChI=1S/C28H28Cl2N2O5S/c1-16-18(14-37-13-17-6-3-4-7-17)8-5-9-20(16)24-15-38-28(31-24)32-26(33)19-10-22(29)21(23(30)11-19)12-25(36-2)27(34)35/h5,8-12,15,17H,3-4,6-7,13-14H2,1-2H3,(H,34,35)(H,31,32,33). The summed E-state index contributed by atoms with van der Waals surface area (Å²) < 4.78 is 10.8. The van der Waals surface area contributed by atoms with Crippen LogP contribution in [-0.2, 0) is 20.9 Å². The lowest BCUT2D eigenvalue weighted by molar-refractivity contribution is -0.135. The first-order valence-corrected chi connectivity index (χ1v) is 13.8. The molecule has 2 aromatic carbocycles. The Morgan fingerprint density at radius 3 is 2.58 bits per heavy atom. The number of ether oxygens (including phenoxy) is 2. The molecule has 38 heavy (non-hydrogen) atoms. The number of rotatable bonds is 10. The molecule has 0 aliphatic heterocycles. The fourth-order valence-electron chi connectivity index (χ4n) is 4.45. The number of methoxy groups -OCH3 is 1. The third-order valence-corrected chi connectivity index (χ3v) is 7.96. The van der Waals surface area contributed by atoms with Crippen LogP contribution in [0.4, 0.5) is 5.13 Å². The normalized spacial score (nSPS) is 14.1. The predicted molar refractivity (Wildman–Crippen MR) is 151 cm³/mol. The van der Waals surface area contributed by atoms with Crippen molar-refractivity contribution >= 4 is 57.6 Å². The number of anilines is 1. The Labute approximate surface area is 235 Å². The Morgan fingerprint density at radius 2 is 1.92 bits per heavy atom. The van der Waals surface area contributed by atoms with Crippen LogP contribution in [-0.4, -0.2) is 35.7 Å². The molecule has 4 rings (SSSR count). The number of halogens is 2. The number of aromatic nitrogens is 1. The summed E-state index contributed by atoms with van der Waals surface area (Å²) in [7, 11) is 1.23. The summed E-state index contributed by atoms with van der Waals surface area (Å²) in [6, 6.07) is 8.90. The summed E-state index contributed by atoms with van der Waals surface area (Å²) >= 11 is 13.9. The second kappa shape index (κ2) is 12.8. The molecule has 1 aliphatic carbocycles. The van der Waals surface area contributed by atoms with Gasteiger partial charge in [-0.2, -0.15) is 0 Å². The second-order valence-electron chi connectivity index (χ2n) is 9.12. The molecule has 0 atom stereocenters. The van der Waals surface area contributed by atoms with Gasteiger partial charge in [0.25, 0.3) is 5.91 Å². The maximum Gasteiger partial charge on any atom is 0.371 e. The number of hydrogen-bond donors (Lipinski definition) is 2. The van der Waals surface area contributed by atoms with Crippen LogP contribution in [0.25, 0.3) is 17.3 Å². The van der Waals surface area contributed by atoms with Gasteiger partial charge in [-0.3, -0.25) is 10.1 Å². The van der Waals surface area contributed by atoms with Crippen LogP contribution in [0.3, 0.4) is 0 Å². The van der Waals surface area contributed by atoms with E-state index in [1.165, 1.54) is 62.3 Å². The van der Waals surface area contributed by atoms with Gasteiger partial charge in [-0.1, -0.05) is 54.2 Å². The van der Waals surface area contributed by atoms with E-state index in [9.17, 15) is 9.59 Å². The molecule has 1 saturated carbocycles. The zero-order valence-corrected chi connectivity index (χ0v) is 23.4. The average Bonchev–Trinajstić information content (AvgIpc) is 3.57. The van der Waals surface area contributed by atoms with Crippen LogP contribution in [0.5, 0.6) is 0 Å². The van der Waals surface area contributed by atoms with E-state index in [0.717, 1.165) is 29.0 Å². The highest BCUT2D eigenvalue weighted by atomic mass is 35.5. The van der Waals surface area contributed by atoms with Crippen molar-refractivity contribution in [2.75, 3.05) is 19.0 Å². The van der Waals surface area contributed by atoms with Crippen LogP contribution in [0.15, 0.2) is 41.5 Å². The van der Waals surface area contributed by atoms with Crippen LogP contribution in [0, 0.1) is 12.8 Å². The smallest absolute Gasteiger partial charge is 0.371 e. The van der Waals surface area contributed by atoms with E-state index in [2.05, 4.69) is 23.3 Å². The van der Waals surface area contributed by atoms with Crippen LogP contribution in [0.1, 0.15) is 52.7 Å². The molecule has 1 aromatic heterocycles. The topological polar surface area (TPSA) is 97.8 Å². The first-order valence-electron chi connectivity index (χ1n) is 12.2. The molecule has 0 unspecified atom stereocenters. The monoisotopic (exact) mass is 574 g/mol. The maximum absolute atomic E-state index is 12.9. The number of benzene rings is 2. The summed E-state index contributed by atoms with van der Waals surface area (Å²) in [6.45, 7) is 3.42. The van der Waals surface area contributed by atoms with Gasteiger partial charge in [0, 0.05) is 28.7 Å². The van der Waals surface area contributed by atoms with Gasteiger partial charge < -0.3 is 14.6 Å². The summed E-state index contributed by atoms with van der Waals surface area (Å²) in [6.07, 6.45) is 6.32. The Morgan fingerprint density at radius 1 is 1.21 bits per heavy atom. The zero-order valence-electron chi connectivity index (χ0n) is 21.1. The Kier molecular flexibility index (Phi) is 9.44. The summed E-state index contributed by atoms with van der Waals surface area (Å²) in [5, 5.41) is 14.5. The number of nitrogens with zero attached hydrogens (tertiary/aromatic N) is 1. The molecule has 2 N–H and O–H groups in total.